The van der Waals surface area contributed by atoms with Gasteiger partial charge in [-0.25, -0.2) is 0 Å². The van der Waals surface area contributed by atoms with Crippen LogP contribution in [0.15, 0.2) is 24.3 Å². The highest BCUT2D eigenvalue weighted by atomic mass is 28.4. The highest BCUT2D eigenvalue weighted by molar-refractivity contribution is 6.74. The van der Waals surface area contributed by atoms with Gasteiger partial charge in [-0.05, 0) is 35.8 Å². The van der Waals surface area contributed by atoms with Crippen molar-refractivity contribution in [2.75, 3.05) is 26.3 Å². The zero-order valence-electron chi connectivity index (χ0n) is 16.2. The molecule has 8 heteroatoms. The second kappa shape index (κ2) is 9.21. The molecule has 0 saturated heterocycles. The van der Waals surface area contributed by atoms with Crippen LogP contribution in [0.5, 0.6) is 5.75 Å². The van der Waals surface area contributed by atoms with Gasteiger partial charge in [0.15, 0.2) is 8.32 Å². The van der Waals surface area contributed by atoms with E-state index in [1.165, 1.54) is 12.1 Å². The fourth-order valence-electron chi connectivity index (χ4n) is 2.11. The van der Waals surface area contributed by atoms with Crippen molar-refractivity contribution < 1.29 is 27.4 Å². The molecular weight excluding hydrogens is 363 g/mol. The van der Waals surface area contributed by atoms with Gasteiger partial charge >= 0.3 is 6.36 Å². The number of aliphatic hydroxyl groups excluding tert-OH is 1. The Hall–Kier alpha value is -1.09. The van der Waals surface area contributed by atoms with Crippen molar-refractivity contribution in [2.24, 2.45) is 0 Å². The molecule has 1 aromatic rings. The van der Waals surface area contributed by atoms with Crippen LogP contribution in [-0.4, -0.2) is 51.0 Å². The topological polar surface area (TPSA) is 41.9 Å². The van der Waals surface area contributed by atoms with Crippen molar-refractivity contribution in [3.05, 3.63) is 29.8 Å². The van der Waals surface area contributed by atoms with E-state index in [1.807, 2.05) is 4.90 Å². The zero-order valence-corrected chi connectivity index (χ0v) is 17.2. The third-order valence-electron chi connectivity index (χ3n) is 4.66. The summed E-state index contributed by atoms with van der Waals surface area (Å²) in [5.41, 5.74) is 0.848. The summed E-state index contributed by atoms with van der Waals surface area (Å²) in [6, 6.07) is 5.79. The van der Waals surface area contributed by atoms with Crippen molar-refractivity contribution in [3.8, 4) is 5.75 Å². The lowest BCUT2D eigenvalue weighted by atomic mass is 10.2. The van der Waals surface area contributed by atoms with Crippen LogP contribution in [0.4, 0.5) is 13.2 Å². The smallest absolute Gasteiger partial charge is 0.416 e. The molecule has 150 valence electrons. The Labute approximate surface area is 155 Å². The number of ether oxygens (including phenoxy) is 1. The number of aliphatic hydroxyl groups is 1. The first kappa shape index (κ1) is 22.9. The standard InChI is InChI=1S/C18H30F3NO3Si/c1-17(2,3)26(4,5)24-13-11-22(10-12-23)14-15-6-8-16(9-7-15)25-18(19,20)21/h6-9,23H,10-14H2,1-5H3. The van der Waals surface area contributed by atoms with Crippen molar-refractivity contribution in [1.29, 1.82) is 0 Å². The molecule has 0 aliphatic carbocycles. The van der Waals surface area contributed by atoms with Gasteiger partial charge in [-0.15, -0.1) is 13.2 Å². The molecule has 0 atom stereocenters. The number of nitrogens with zero attached hydrogens (tertiary/aromatic N) is 1. The van der Waals surface area contributed by atoms with Crippen LogP contribution in [0, 0.1) is 0 Å². The SMILES string of the molecule is CC(C)(C)[Si](C)(C)OCCN(CCO)Cc1ccc(OC(F)(F)F)cc1. The molecule has 0 unspecified atom stereocenters. The van der Waals surface area contributed by atoms with Gasteiger partial charge in [-0.3, -0.25) is 4.90 Å². The summed E-state index contributed by atoms with van der Waals surface area (Å²) >= 11 is 0. The third-order valence-corrected chi connectivity index (χ3v) is 9.19. The minimum absolute atomic E-state index is 0.00929. The summed E-state index contributed by atoms with van der Waals surface area (Å²) in [7, 11) is -1.83. The largest absolute Gasteiger partial charge is 0.573 e. The first-order valence-corrected chi connectivity index (χ1v) is 11.6. The number of halogens is 3. The normalized spacial score (nSPS) is 13.3. The Morgan fingerprint density at radius 3 is 2.08 bits per heavy atom. The molecule has 0 aliphatic rings. The highest BCUT2D eigenvalue weighted by Gasteiger charge is 2.37. The summed E-state index contributed by atoms with van der Waals surface area (Å²) in [6.45, 7) is 13.1. The quantitative estimate of drug-likeness (QED) is 0.632. The number of alkyl halides is 3. The van der Waals surface area contributed by atoms with Gasteiger partial charge in [0.1, 0.15) is 5.75 Å². The molecule has 1 rings (SSSR count). The van der Waals surface area contributed by atoms with Crippen LogP contribution in [-0.2, 0) is 11.0 Å². The van der Waals surface area contributed by atoms with Gasteiger partial charge in [0.25, 0.3) is 0 Å². The molecular formula is C18H30F3NO3Si. The second-order valence-electron chi connectivity index (χ2n) is 7.80. The van der Waals surface area contributed by atoms with Crippen molar-refractivity contribution in [2.45, 2.75) is 51.8 Å². The van der Waals surface area contributed by atoms with Crippen molar-refractivity contribution in [3.63, 3.8) is 0 Å². The maximum atomic E-state index is 12.2. The first-order chi connectivity index (χ1) is 11.8. The van der Waals surface area contributed by atoms with E-state index < -0.39 is 14.7 Å². The molecule has 26 heavy (non-hydrogen) atoms. The lowest BCUT2D eigenvalue weighted by Gasteiger charge is -2.36. The Balaban J connectivity index is 2.60. The van der Waals surface area contributed by atoms with E-state index >= 15 is 0 Å². The van der Waals surface area contributed by atoms with Gasteiger partial charge < -0.3 is 14.3 Å². The fraction of sp³-hybridized carbons (Fsp3) is 0.667. The van der Waals surface area contributed by atoms with Crippen molar-refractivity contribution in [1.82, 2.24) is 4.90 Å². The monoisotopic (exact) mass is 393 g/mol. The maximum Gasteiger partial charge on any atom is 0.573 e. The molecule has 0 fully saturated rings. The molecule has 0 aromatic heterocycles. The molecule has 0 heterocycles. The van der Waals surface area contributed by atoms with E-state index in [4.69, 9.17) is 4.43 Å². The first-order valence-electron chi connectivity index (χ1n) is 8.66. The minimum Gasteiger partial charge on any atom is -0.416 e. The van der Waals surface area contributed by atoms with Crippen molar-refractivity contribution >= 4 is 8.32 Å². The van der Waals surface area contributed by atoms with Gasteiger partial charge in [-0.2, -0.15) is 0 Å². The summed E-state index contributed by atoms with van der Waals surface area (Å²) in [5, 5.41) is 9.38. The van der Waals surface area contributed by atoms with E-state index in [9.17, 15) is 18.3 Å². The molecule has 0 bridgehead atoms. The number of hydrogen-bond donors (Lipinski definition) is 1. The molecule has 4 nitrogen and oxygen atoms in total. The van der Waals surface area contributed by atoms with E-state index in [2.05, 4.69) is 38.6 Å². The van der Waals surface area contributed by atoms with Gasteiger partial charge in [-0.1, -0.05) is 32.9 Å². The second-order valence-corrected chi connectivity index (χ2v) is 12.6. The highest BCUT2D eigenvalue weighted by Crippen LogP contribution is 2.36. The van der Waals surface area contributed by atoms with Crippen LogP contribution in [0.2, 0.25) is 18.1 Å². The Morgan fingerprint density at radius 2 is 1.62 bits per heavy atom. The van der Waals surface area contributed by atoms with Gasteiger partial charge in [0.2, 0.25) is 0 Å². The maximum absolute atomic E-state index is 12.2. The molecule has 0 radical (unpaired) electrons. The third kappa shape index (κ3) is 8.07. The van der Waals surface area contributed by atoms with E-state index in [1.54, 1.807) is 12.1 Å². The predicted octanol–water partition coefficient (Wildman–Crippen LogP) is 4.40. The predicted molar refractivity (Wildman–Crippen MR) is 98.6 cm³/mol. The summed E-state index contributed by atoms with van der Waals surface area (Å²) in [4.78, 5) is 2.02. The molecule has 0 amide bonds. The van der Waals surface area contributed by atoms with Crippen LogP contribution in [0.25, 0.3) is 0 Å². The van der Waals surface area contributed by atoms with E-state index in [-0.39, 0.29) is 17.4 Å². The lowest BCUT2D eigenvalue weighted by molar-refractivity contribution is -0.274. The van der Waals surface area contributed by atoms with Crippen LogP contribution in [0.1, 0.15) is 26.3 Å². The molecule has 0 saturated carbocycles. The zero-order chi connectivity index (χ0) is 20.0. The van der Waals surface area contributed by atoms with Gasteiger partial charge in [0.05, 0.1) is 6.61 Å². The van der Waals surface area contributed by atoms with Crippen LogP contribution >= 0.6 is 0 Å². The number of hydrogen-bond acceptors (Lipinski definition) is 4. The fourth-order valence-corrected chi connectivity index (χ4v) is 3.15. The average Bonchev–Trinajstić information content (AvgIpc) is 2.46. The summed E-state index contributed by atoms with van der Waals surface area (Å²) in [6.07, 6.45) is -4.69. The van der Waals surface area contributed by atoms with E-state index in [0.29, 0.717) is 26.2 Å². The number of benzene rings is 1. The molecule has 1 aromatic carbocycles. The summed E-state index contributed by atoms with van der Waals surface area (Å²) < 4.78 is 46.6. The Kier molecular flexibility index (Phi) is 8.13. The Morgan fingerprint density at radius 1 is 1.04 bits per heavy atom. The Bertz CT molecular complexity index is 542. The van der Waals surface area contributed by atoms with E-state index in [0.717, 1.165) is 5.56 Å². The lowest BCUT2D eigenvalue weighted by Crippen LogP contribution is -2.43. The number of rotatable bonds is 9. The van der Waals surface area contributed by atoms with Crippen LogP contribution < -0.4 is 4.74 Å². The minimum atomic E-state index is -4.69. The van der Waals surface area contributed by atoms with Gasteiger partial charge in [0, 0.05) is 26.2 Å². The van der Waals surface area contributed by atoms with Crippen LogP contribution in [0.3, 0.4) is 0 Å². The molecule has 1 N–H and O–H groups in total. The summed E-state index contributed by atoms with van der Waals surface area (Å²) in [5.74, 6) is -0.240. The average molecular weight is 394 g/mol. The molecule has 0 spiro atoms. The molecule has 0 aliphatic heterocycles.